The molecule has 1 aromatic carbocycles. The lowest BCUT2D eigenvalue weighted by Gasteiger charge is -2.11. The van der Waals surface area contributed by atoms with E-state index in [0.717, 1.165) is 0 Å². The molecule has 1 heterocycles. The van der Waals surface area contributed by atoms with Gasteiger partial charge in [0.15, 0.2) is 11.6 Å². The van der Waals surface area contributed by atoms with Gasteiger partial charge in [-0.25, -0.2) is 14.2 Å². The van der Waals surface area contributed by atoms with E-state index in [1.165, 1.54) is 30.5 Å². The molecule has 0 aliphatic heterocycles. The normalized spacial score (nSPS) is 10.1. The number of benzene rings is 1. The number of esters is 1. The number of hydrogen-bond donors (Lipinski definition) is 1. The minimum absolute atomic E-state index is 0.0530. The summed E-state index contributed by atoms with van der Waals surface area (Å²) in [6, 6.07) is 7.20. The minimum atomic E-state index is -0.634. The summed E-state index contributed by atoms with van der Waals surface area (Å²) in [6.07, 6.45) is 1.43. The maximum Gasteiger partial charge on any atom is 0.343 e. The maximum atomic E-state index is 13.7. The van der Waals surface area contributed by atoms with Crippen molar-refractivity contribution in [3.8, 4) is 11.6 Å². The summed E-state index contributed by atoms with van der Waals surface area (Å²) in [5.41, 5.74) is 5.87. The second-order valence-corrected chi connectivity index (χ2v) is 3.84. The average Bonchev–Trinajstić information content (AvgIpc) is 2.44. The molecule has 5 nitrogen and oxygen atoms in total. The first-order chi connectivity index (χ1) is 9.63. The van der Waals surface area contributed by atoms with Crippen molar-refractivity contribution in [2.45, 2.75) is 6.92 Å². The highest BCUT2D eigenvalue weighted by molar-refractivity contribution is 5.91. The third-order valence-corrected chi connectivity index (χ3v) is 2.46. The lowest BCUT2D eigenvalue weighted by atomic mass is 10.2. The standard InChI is InChI=1S/C14H13FN2O3/c1-2-19-14(18)9-5-4-8-17-13(9)20-12-10(15)6-3-7-11(12)16/h3-8H,2,16H2,1H3. The number of carbonyl (C=O) groups is 1. The van der Waals surface area contributed by atoms with E-state index in [2.05, 4.69) is 4.98 Å². The summed E-state index contributed by atoms with van der Waals surface area (Å²) in [7, 11) is 0. The highest BCUT2D eigenvalue weighted by Gasteiger charge is 2.17. The Hall–Kier alpha value is -2.63. The van der Waals surface area contributed by atoms with E-state index in [9.17, 15) is 9.18 Å². The van der Waals surface area contributed by atoms with Gasteiger partial charge in [-0.05, 0) is 31.2 Å². The fraction of sp³-hybridized carbons (Fsp3) is 0.143. The lowest BCUT2D eigenvalue weighted by Crippen LogP contribution is -2.08. The van der Waals surface area contributed by atoms with Crippen LogP contribution in [-0.4, -0.2) is 17.6 Å². The molecule has 1 aromatic heterocycles. The molecular weight excluding hydrogens is 263 g/mol. The number of carbonyl (C=O) groups excluding carboxylic acids is 1. The third kappa shape index (κ3) is 2.85. The molecule has 20 heavy (non-hydrogen) atoms. The van der Waals surface area contributed by atoms with Crippen molar-refractivity contribution >= 4 is 11.7 Å². The highest BCUT2D eigenvalue weighted by atomic mass is 19.1. The van der Waals surface area contributed by atoms with E-state index in [0.29, 0.717) is 0 Å². The fourth-order valence-electron chi connectivity index (χ4n) is 1.57. The maximum absolute atomic E-state index is 13.7. The van der Waals surface area contributed by atoms with Crippen molar-refractivity contribution < 1.29 is 18.7 Å². The first-order valence-corrected chi connectivity index (χ1v) is 5.97. The zero-order valence-electron chi connectivity index (χ0n) is 10.8. The average molecular weight is 276 g/mol. The summed E-state index contributed by atoms with van der Waals surface area (Å²) in [4.78, 5) is 15.7. The van der Waals surface area contributed by atoms with Crippen LogP contribution in [0.5, 0.6) is 11.6 Å². The van der Waals surface area contributed by atoms with Crippen LogP contribution >= 0.6 is 0 Å². The van der Waals surface area contributed by atoms with E-state index in [1.807, 2.05) is 0 Å². The summed E-state index contributed by atoms with van der Waals surface area (Å²) in [5.74, 6) is -1.45. The number of ether oxygens (including phenoxy) is 2. The second-order valence-electron chi connectivity index (χ2n) is 3.84. The Bertz CT molecular complexity index is 611. The van der Waals surface area contributed by atoms with E-state index in [-0.39, 0.29) is 29.5 Å². The Balaban J connectivity index is 2.37. The molecule has 0 spiro atoms. The molecule has 104 valence electrons. The third-order valence-electron chi connectivity index (χ3n) is 2.46. The number of para-hydroxylation sites is 1. The van der Waals surface area contributed by atoms with Crippen LogP contribution in [0.4, 0.5) is 10.1 Å². The predicted molar refractivity (Wildman–Crippen MR) is 71.1 cm³/mol. The monoisotopic (exact) mass is 276 g/mol. The van der Waals surface area contributed by atoms with Gasteiger partial charge < -0.3 is 15.2 Å². The number of nitrogen functional groups attached to an aromatic ring is 1. The number of nitrogens with two attached hydrogens (primary N) is 1. The topological polar surface area (TPSA) is 74.4 Å². The molecule has 0 aliphatic carbocycles. The van der Waals surface area contributed by atoms with Crippen molar-refractivity contribution in [3.05, 3.63) is 47.9 Å². The minimum Gasteiger partial charge on any atom is -0.462 e. The van der Waals surface area contributed by atoms with Crippen LogP contribution in [0.2, 0.25) is 0 Å². The van der Waals surface area contributed by atoms with Gasteiger partial charge in [-0.3, -0.25) is 0 Å². The molecule has 2 aromatic rings. The van der Waals surface area contributed by atoms with E-state index in [4.69, 9.17) is 15.2 Å². The van der Waals surface area contributed by atoms with E-state index >= 15 is 0 Å². The Kier molecular flexibility index (Phi) is 4.14. The number of anilines is 1. The van der Waals surface area contributed by atoms with Gasteiger partial charge in [0.25, 0.3) is 0 Å². The van der Waals surface area contributed by atoms with Gasteiger partial charge in [-0.15, -0.1) is 0 Å². The first-order valence-electron chi connectivity index (χ1n) is 5.97. The lowest BCUT2D eigenvalue weighted by molar-refractivity contribution is 0.0522. The van der Waals surface area contributed by atoms with Crippen molar-refractivity contribution in [1.82, 2.24) is 4.98 Å². The van der Waals surface area contributed by atoms with Crippen molar-refractivity contribution in [2.75, 3.05) is 12.3 Å². The van der Waals surface area contributed by atoms with Crippen LogP contribution < -0.4 is 10.5 Å². The van der Waals surface area contributed by atoms with Gasteiger partial charge in [0.1, 0.15) is 5.56 Å². The molecule has 0 fully saturated rings. The summed E-state index contributed by atoms with van der Waals surface area (Å²) >= 11 is 0. The van der Waals surface area contributed by atoms with Gasteiger partial charge >= 0.3 is 5.97 Å². The molecule has 2 rings (SSSR count). The molecule has 2 N–H and O–H groups in total. The zero-order chi connectivity index (χ0) is 14.5. The quantitative estimate of drug-likeness (QED) is 0.686. The van der Waals surface area contributed by atoms with Crippen LogP contribution in [0.15, 0.2) is 36.5 Å². The number of rotatable bonds is 4. The second kappa shape index (κ2) is 6.01. The number of nitrogens with zero attached hydrogens (tertiary/aromatic N) is 1. The molecule has 0 saturated carbocycles. The van der Waals surface area contributed by atoms with Crippen molar-refractivity contribution in [3.63, 3.8) is 0 Å². The highest BCUT2D eigenvalue weighted by Crippen LogP contribution is 2.30. The largest absolute Gasteiger partial charge is 0.462 e. The van der Waals surface area contributed by atoms with Crippen LogP contribution in [-0.2, 0) is 4.74 Å². The SMILES string of the molecule is CCOC(=O)c1cccnc1Oc1c(N)cccc1F. The van der Waals surface area contributed by atoms with Gasteiger partial charge in [-0.1, -0.05) is 6.07 Å². The number of hydrogen-bond acceptors (Lipinski definition) is 5. The number of aromatic nitrogens is 1. The predicted octanol–water partition coefficient (Wildman–Crippen LogP) is 2.77. The van der Waals surface area contributed by atoms with Crippen LogP contribution in [0.25, 0.3) is 0 Å². The Morgan fingerprint density at radius 2 is 2.15 bits per heavy atom. The van der Waals surface area contributed by atoms with Gasteiger partial charge in [0.2, 0.25) is 5.88 Å². The number of pyridine rings is 1. The molecule has 6 heteroatoms. The summed E-state index contributed by atoms with van der Waals surface area (Å²) in [5, 5.41) is 0. The summed E-state index contributed by atoms with van der Waals surface area (Å²) < 4.78 is 23.9. The zero-order valence-corrected chi connectivity index (χ0v) is 10.8. The smallest absolute Gasteiger partial charge is 0.343 e. The fourth-order valence-corrected chi connectivity index (χ4v) is 1.57. The Morgan fingerprint density at radius 1 is 1.35 bits per heavy atom. The van der Waals surface area contributed by atoms with Gasteiger partial charge in [-0.2, -0.15) is 0 Å². The van der Waals surface area contributed by atoms with Crippen LogP contribution in [0, 0.1) is 5.82 Å². The van der Waals surface area contributed by atoms with E-state index in [1.54, 1.807) is 13.0 Å². The van der Waals surface area contributed by atoms with Crippen LogP contribution in [0.3, 0.4) is 0 Å². The Morgan fingerprint density at radius 3 is 2.85 bits per heavy atom. The van der Waals surface area contributed by atoms with Crippen LogP contribution in [0.1, 0.15) is 17.3 Å². The molecule has 0 atom stereocenters. The van der Waals surface area contributed by atoms with Crippen molar-refractivity contribution in [2.24, 2.45) is 0 Å². The molecule has 0 saturated heterocycles. The number of halogens is 1. The van der Waals surface area contributed by atoms with Gasteiger partial charge in [0.05, 0.1) is 12.3 Å². The molecule has 0 amide bonds. The van der Waals surface area contributed by atoms with E-state index < -0.39 is 11.8 Å². The Labute approximate surface area is 115 Å². The molecular formula is C14H13FN2O3. The molecule has 0 bridgehead atoms. The first kappa shape index (κ1) is 13.8. The van der Waals surface area contributed by atoms with Crippen molar-refractivity contribution in [1.29, 1.82) is 0 Å². The summed E-state index contributed by atoms with van der Waals surface area (Å²) in [6.45, 7) is 1.90. The molecule has 0 radical (unpaired) electrons. The van der Waals surface area contributed by atoms with Gasteiger partial charge in [0, 0.05) is 6.20 Å². The molecule has 0 unspecified atom stereocenters. The molecule has 0 aliphatic rings.